The molecule has 2 saturated carbocycles. The van der Waals surface area contributed by atoms with Gasteiger partial charge >= 0.3 is 0 Å². The predicted molar refractivity (Wildman–Crippen MR) is 89.1 cm³/mol. The van der Waals surface area contributed by atoms with Gasteiger partial charge in [-0.05, 0) is 43.9 Å². The van der Waals surface area contributed by atoms with Crippen molar-refractivity contribution in [2.24, 2.45) is 11.8 Å². The molecule has 0 aromatic carbocycles. The van der Waals surface area contributed by atoms with E-state index >= 15 is 0 Å². The third-order valence-corrected chi connectivity index (χ3v) is 6.08. The van der Waals surface area contributed by atoms with Crippen LogP contribution in [0.3, 0.4) is 0 Å². The minimum atomic E-state index is 0.769. The predicted octanol–water partition coefficient (Wildman–Crippen LogP) is 3.75. The molecular weight excluding hydrogens is 278 g/mol. The van der Waals surface area contributed by atoms with Gasteiger partial charge in [-0.1, -0.05) is 13.8 Å². The molecule has 3 aliphatic rings. The van der Waals surface area contributed by atoms with Gasteiger partial charge < -0.3 is 10.2 Å². The van der Waals surface area contributed by atoms with Crippen LogP contribution < -0.4 is 10.2 Å². The molecule has 2 unspecified atom stereocenters. The molecule has 0 bridgehead atoms. The van der Waals surface area contributed by atoms with Gasteiger partial charge in [-0.25, -0.2) is 4.98 Å². The minimum Gasteiger partial charge on any atom is -0.348 e. The van der Waals surface area contributed by atoms with Crippen LogP contribution in [0.5, 0.6) is 0 Å². The van der Waals surface area contributed by atoms with Crippen LogP contribution in [0.4, 0.5) is 5.13 Å². The van der Waals surface area contributed by atoms with Crippen molar-refractivity contribution in [3.63, 3.8) is 0 Å². The van der Waals surface area contributed by atoms with Gasteiger partial charge in [0.15, 0.2) is 5.13 Å². The topological polar surface area (TPSA) is 28.2 Å². The van der Waals surface area contributed by atoms with E-state index in [2.05, 4.69) is 24.1 Å². The molecule has 0 spiro atoms. The normalized spacial score (nSPS) is 29.9. The lowest BCUT2D eigenvalue weighted by atomic mass is 9.92. The fraction of sp³-hybridized carbons (Fsp3) is 0.824. The summed E-state index contributed by atoms with van der Waals surface area (Å²) < 4.78 is 0. The number of nitrogens with zero attached hydrogens (tertiary/aromatic N) is 2. The minimum absolute atomic E-state index is 0.769. The second-order valence-electron chi connectivity index (χ2n) is 7.59. The van der Waals surface area contributed by atoms with Crippen LogP contribution in [0.1, 0.15) is 62.4 Å². The highest BCUT2D eigenvalue weighted by Gasteiger charge is 2.32. The quantitative estimate of drug-likeness (QED) is 0.898. The molecule has 1 aromatic heterocycles. The van der Waals surface area contributed by atoms with E-state index in [0.29, 0.717) is 0 Å². The van der Waals surface area contributed by atoms with Gasteiger partial charge in [-0.15, -0.1) is 11.3 Å². The number of piperidine rings is 1. The maximum absolute atomic E-state index is 5.07. The van der Waals surface area contributed by atoms with E-state index in [1.54, 1.807) is 0 Å². The van der Waals surface area contributed by atoms with E-state index in [0.717, 1.165) is 30.3 Å². The van der Waals surface area contributed by atoms with Crippen LogP contribution in [-0.2, 0) is 6.54 Å². The smallest absolute Gasteiger partial charge is 0.185 e. The summed E-state index contributed by atoms with van der Waals surface area (Å²) in [7, 11) is 0. The molecule has 3 fully saturated rings. The van der Waals surface area contributed by atoms with Crippen LogP contribution in [0.15, 0.2) is 0 Å². The molecule has 1 aromatic rings. The Morgan fingerprint density at radius 3 is 2.48 bits per heavy atom. The standard InChI is InChI=1S/C17H27N3S/c1-11-7-12(2)10-20(9-11)17-19-16(13-3-4-13)15(21-17)8-18-14-5-6-14/h11-14,18H,3-10H2,1-2H3. The molecule has 1 saturated heterocycles. The van der Waals surface area contributed by atoms with Crippen LogP contribution in [0, 0.1) is 11.8 Å². The van der Waals surface area contributed by atoms with Gasteiger partial charge in [0, 0.05) is 36.5 Å². The monoisotopic (exact) mass is 305 g/mol. The number of thiazole rings is 1. The molecule has 1 N–H and O–H groups in total. The summed E-state index contributed by atoms with van der Waals surface area (Å²) in [6, 6.07) is 0.789. The molecule has 4 heteroatoms. The van der Waals surface area contributed by atoms with E-state index in [1.807, 2.05) is 11.3 Å². The fourth-order valence-electron chi connectivity index (χ4n) is 3.63. The highest BCUT2D eigenvalue weighted by molar-refractivity contribution is 7.15. The van der Waals surface area contributed by atoms with E-state index in [4.69, 9.17) is 4.98 Å². The van der Waals surface area contributed by atoms with Crippen molar-refractivity contribution in [3.05, 3.63) is 10.6 Å². The lowest BCUT2D eigenvalue weighted by Gasteiger charge is -2.34. The Morgan fingerprint density at radius 1 is 1.14 bits per heavy atom. The first-order valence-electron chi connectivity index (χ1n) is 8.67. The number of hydrogen-bond donors (Lipinski definition) is 1. The van der Waals surface area contributed by atoms with Gasteiger partial charge in [0.2, 0.25) is 0 Å². The molecule has 0 radical (unpaired) electrons. The zero-order valence-electron chi connectivity index (χ0n) is 13.3. The van der Waals surface area contributed by atoms with Crippen molar-refractivity contribution < 1.29 is 0 Å². The van der Waals surface area contributed by atoms with E-state index < -0.39 is 0 Å². The molecule has 116 valence electrons. The van der Waals surface area contributed by atoms with Gasteiger partial charge in [0.25, 0.3) is 0 Å². The molecule has 21 heavy (non-hydrogen) atoms. The summed E-state index contributed by atoms with van der Waals surface area (Å²) in [5.74, 6) is 2.37. The van der Waals surface area contributed by atoms with Gasteiger partial charge in [-0.2, -0.15) is 0 Å². The molecule has 4 rings (SSSR count). The summed E-state index contributed by atoms with van der Waals surface area (Å²) >= 11 is 1.96. The van der Waals surface area contributed by atoms with E-state index in [-0.39, 0.29) is 0 Å². The Morgan fingerprint density at radius 2 is 1.86 bits per heavy atom. The van der Waals surface area contributed by atoms with Crippen molar-refractivity contribution >= 4 is 16.5 Å². The summed E-state index contributed by atoms with van der Waals surface area (Å²) in [4.78, 5) is 9.14. The molecule has 2 aliphatic carbocycles. The first-order valence-corrected chi connectivity index (χ1v) is 9.48. The number of anilines is 1. The van der Waals surface area contributed by atoms with E-state index in [9.17, 15) is 0 Å². The molecule has 1 aliphatic heterocycles. The van der Waals surface area contributed by atoms with Gasteiger partial charge in [-0.3, -0.25) is 0 Å². The first-order chi connectivity index (χ1) is 10.2. The summed E-state index contributed by atoms with van der Waals surface area (Å²) in [6.07, 6.45) is 6.81. The number of rotatable bonds is 5. The third-order valence-electron chi connectivity index (χ3n) is 4.95. The van der Waals surface area contributed by atoms with Crippen LogP contribution in [-0.4, -0.2) is 24.1 Å². The van der Waals surface area contributed by atoms with Crippen molar-refractivity contribution in [3.8, 4) is 0 Å². The maximum Gasteiger partial charge on any atom is 0.185 e. The highest BCUT2D eigenvalue weighted by atomic mass is 32.1. The summed E-state index contributed by atoms with van der Waals surface area (Å²) in [6.45, 7) is 8.20. The SMILES string of the molecule is CC1CC(C)CN(c2nc(C3CC3)c(CNC3CC3)s2)C1. The molecule has 2 atom stereocenters. The second kappa shape index (κ2) is 5.54. The van der Waals surface area contributed by atoms with Crippen LogP contribution in [0.2, 0.25) is 0 Å². The Balaban J connectivity index is 1.52. The van der Waals surface area contributed by atoms with Crippen molar-refractivity contribution in [1.29, 1.82) is 0 Å². The molecule has 2 heterocycles. The zero-order valence-corrected chi connectivity index (χ0v) is 14.1. The lowest BCUT2D eigenvalue weighted by molar-refractivity contribution is 0.356. The Hall–Kier alpha value is -0.610. The summed E-state index contributed by atoms with van der Waals surface area (Å²) in [5, 5.41) is 4.98. The molecule has 0 amide bonds. The highest BCUT2D eigenvalue weighted by Crippen LogP contribution is 2.44. The average molecular weight is 305 g/mol. The maximum atomic E-state index is 5.07. The summed E-state index contributed by atoms with van der Waals surface area (Å²) in [5.41, 5.74) is 1.43. The van der Waals surface area contributed by atoms with Crippen molar-refractivity contribution in [1.82, 2.24) is 10.3 Å². The van der Waals surface area contributed by atoms with E-state index in [1.165, 1.54) is 60.9 Å². The van der Waals surface area contributed by atoms with Crippen molar-refractivity contribution in [2.45, 2.75) is 64.5 Å². The Labute approximate surface area is 132 Å². The molecule has 3 nitrogen and oxygen atoms in total. The zero-order chi connectivity index (χ0) is 14.4. The second-order valence-corrected chi connectivity index (χ2v) is 8.65. The molecular formula is C17H27N3S. The fourth-order valence-corrected chi connectivity index (χ4v) is 4.75. The van der Waals surface area contributed by atoms with Crippen LogP contribution in [0.25, 0.3) is 0 Å². The lowest BCUT2D eigenvalue weighted by Crippen LogP contribution is -2.38. The Bertz CT molecular complexity index is 494. The Kier molecular flexibility index (Phi) is 3.70. The first kappa shape index (κ1) is 14.0. The largest absolute Gasteiger partial charge is 0.348 e. The number of aromatic nitrogens is 1. The average Bonchev–Trinajstić information content (AvgIpc) is 3.34. The van der Waals surface area contributed by atoms with Gasteiger partial charge in [0.1, 0.15) is 0 Å². The number of hydrogen-bond acceptors (Lipinski definition) is 4. The van der Waals surface area contributed by atoms with Gasteiger partial charge in [0.05, 0.1) is 5.69 Å². The third kappa shape index (κ3) is 3.26. The van der Waals surface area contributed by atoms with Crippen molar-refractivity contribution in [2.75, 3.05) is 18.0 Å². The number of nitrogens with one attached hydrogen (secondary N) is 1. The van der Waals surface area contributed by atoms with Crippen LogP contribution >= 0.6 is 11.3 Å².